The van der Waals surface area contributed by atoms with Crippen LogP contribution in [0.15, 0.2) is 18.2 Å². The lowest BCUT2D eigenvalue weighted by Crippen LogP contribution is -2.53. The maximum absolute atomic E-state index is 12.8. The number of hydrogen-bond donors (Lipinski definition) is 3. The highest BCUT2D eigenvalue weighted by Gasteiger charge is 2.49. The van der Waals surface area contributed by atoms with Crippen LogP contribution in [0.3, 0.4) is 0 Å². The van der Waals surface area contributed by atoms with Crippen LogP contribution in [0.25, 0.3) is 0 Å². The number of carbonyl (C=O) groups excluding carboxylic acids is 3. The summed E-state index contributed by atoms with van der Waals surface area (Å²) in [5, 5.41) is 8.27. The monoisotopic (exact) mass is 434 g/mol. The third kappa shape index (κ3) is 6.58. The number of rotatable bonds is 4. The van der Waals surface area contributed by atoms with Gasteiger partial charge in [-0.25, -0.2) is 9.59 Å². The minimum Gasteiger partial charge on any atom is -0.444 e. The Bertz CT molecular complexity index is 847. The first kappa shape index (κ1) is 24.5. The number of amides is 4. The number of ether oxygens (including phenoxy) is 2. The number of hydrogen-bond acceptors (Lipinski definition) is 5. The zero-order valence-corrected chi connectivity index (χ0v) is 19.6. The Morgan fingerprint density at radius 1 is 1.19 bits per heavy atom. The molecule has 0 unspecified atom stereocenters. The van der Waals surface area contributed by atoms with E-state index in [9.17, 15) is 14.4 Å². The third-order valence-corrected chi connectivity index (χ3v) is 4.80. The van der Waals surface area contributed by atoms with Gasteiger partial charge < -0.3 is 25.4 Å². The van der Waals surface area contributed by atoms with Crippen molar-refractivity contribution >= 4 is 29.4 Å². The number of nitrogens with one attached hydrogen (secondary N) is 3. The summed E-state index contributed by atoms with van der Waals surface area (Å²) in [4.78, 5) is 38.1. The molecule has 9 nitrogen and oxygen atoms in total. The summed E-state index contributed by atoms with van der Waals surface area (Å²) in [7, 11) is 0. The number of anilines is 2. The first-order chi connectivity index (χ1) is 14.2. The number of urea groups is 1. The Hall–Kier alpha value is -2.81. The molecular formula is C22H34N4O5. The van der Waals surface area contributed by atoms with Gasteiger partial charge in [-0.2, -0.15) is 0 Å². The SMILES string of the molecule is CC(=O)Nc1cc(NC(=O)NC[C@@H]2[C@@H](C)OC(C)(C)N2C(=O)OC(C)(C)C)ccc1C. The molecule has 0 spiro atoms. The summed E-state index contributed by atoms with van der Waals surface area (Å²) >= 11 is 0. The molecule has 0 saturated carbocycles. The van der Waals surface area contributed by atoms with Crippen LogP contribution >= 0.6 is 0 Å². The van der Waals surface area contributed by atoms with E-state index in [1.165, 1.54) is 11.8 Å². The normalized spacial score (nSPS) is 20.2. The quantitative estimate of drug-likeness (QED) is 0.667. The van der Waals surface area contributed by atoms with Gasteiger partial charge in [0, 0.05) is 24.8 Å². The Balaban J connectivity index is 2.05. The zero-order chi connectivity index (χ0) is 23.6. The molecule has 1 aliphatic heterocycles. The first-order valence-corrected chi connectivity index (χ1v) is 10.3. The van der Waals surface area contributed by atoms with Gasteiger partial charge in [-0.05, 0) is 66.2 Å². The van der Waals surface area contributed by atoms with Crippen LogP contribution in [0.4, 0.5) is 21.0 Å². The van der Waals surface area contributed by atoms with Crippen molar-refractivity contribution < 1.29 is 23.9 Å². The fourth-order valence-electron chi connectivity index (χ4n) is 3.52. The van der Waals surface area contributed by atoms with Gasteiger partial charge in [0.2, 0.25) is 5.91 Å². The Kier molecular flexibility index (Phi) is 7.21. The lowest BCUT2D eigenvalue weighted by Gasteiger charge is -2.35. The molecule has 172 valence electrons. The zero-order valence-electron chi connectivity index (χ0n) is 19.6. The van der Waals surface area contributed by atoms with Gasteiger partial charge in [0.1, 0.15) is 11.3 Å². The fourth-order valence-corrected chi connectivity index (χ4v) is 3.52. The predicted molar refractivity (Wildman–Crippen MR) is 119 cm³/mol. The molecule has 3 N–H and O–H groups in total. The average molecular weight is 435 g/mol. The second-order valence-electron chi connectivity index (χ2n) is 9.23. The summed E-state index contributed by atoms with van der Waals surface area (Å²) in [6.45, 7) is 14.3. The molecular weight excluding hydrogens is 400 g/mol. The van der Waals surface area contributed by atoms with Gasteiger partial charge in [-0.3, -0.25) is 9.69 Å². The minimum absolute atomic E-state index is 0.181. The molecule has 0 aromatic heterocycles. The lowest BCUT2D eigenvalue weighted by molar-refractivity contribution is -0.114. The fraction of sp³-hybridized carbons (Fsp3) is 0.591. The van der Waals surface area contributed by atoms with E-state index in [1.807, 2.05) is 13.8 Å². The van der Waals surface area contributed by atoms with Crippen LogP contribution in [0.2, 0.25) is 0 Å². The van der Waals surface area contributed by atoms with Crippen LogP contribution in [0, 0.1) is 6.92 Å². The maximum atomic E-state index is 12.8. The average Bonchev–Trinajstić information content (AvgIpc) is 2.82. The number of aryl methyl sites for hydroxylation is 1. The van der Waals surface area contributed by atoms with Crippen molar-refractivity contribution in [2.45, 2.75) is 78.9 Å². The van der Waals surface area contributed by atoms with Gasteiger partial charge in [-0.15, -0.1) is 0 Å². The second kappa shape index (κ2) is 9.13. The lowest BCUT2D eigenvalue weighted by atomic mass is 10.1. The highest BCUT2D eigenvalue weighted by molar-refractivity contribution is 5.93. The van der Waals surface area contributed by atoms with E-state index in [0.29, 0.717) is 11.4 Å². The molecule has 0 aliphatic carbocycles. The van der Waals surface area contributed by atoms with Crippen molar-refractivity contribution in [1.82, 2.24) is 10.2 Å². The van der Waals surface area contributed by atoms with Gasteiger partial charge in [0.05, 0.1) is 12.1 Å². The van der Waals surface area contributed by atoms with Gasteiger partial charge in [0.15, 0.2) is 0 Å². The van der Waals surface area contributed by atoms with Crippen molar-refractivity contribution in [3.8, 4) is 0 Å². The van der Waals surface area contributed by atoms with Crippen LogP contribution in [-0.4, -0.2) is 52.9 Å². The van der Waals surface area contributed by atoms with E-state index in [0.717, 1.165) is 5.56 Å². The summed E-state index contributed by atoms with van der Waals surface area (Å²) in [5.41, 5.74) is 0.529. The van der Waals surface area contributed by atoms with Crippen molar-refractivity contribution in [3.63, 3.8) is 0 Å². The highest BCUT2D eigenvalue weighted by Crippen LogP contribution is 2.33. The molecule has 1 aliphatic rings. The highest BCUT2D eigenvalue weighted by atomic mass is 16.6. The van der Waals surface area contributed by atoms with Gasteiger partial charge in [0.25, 0.3) is 0 Å². The number of benzene rings is 1. The summed E-state index contributed by atoms with van der Waals surface area (Å²) < 4.78 is 11.5. The number of carbonyl (C=O) groups is 3. The van der Waals surface area contributed by atoms with Crippen LogP contribution in [0.5, 0.6) is 0 Å². The van der Waals surface area contributed by atoms with Crippen molar-refractivity contribution in [1.29, 1.82) is 0 Å². The van der Waals surface area contributed by atoms with E-state index >= 15 is 0 Å². The van der Waals surface area contributed by atoms with Gasteiger partial charge in [-0.1, -0.05) is 6.07 Å². The molecule has 9 heteroatoms. The predicted octanol–water partition coefficient (Wildman–Crippen LogP) is 3.84. The molecule has 31 heavy (non-hydrogen) atoms. The molecule has 1 fully saturated rings. The molecule has 1 aromatic rings. The molecule has 1 aromatic carbocycles. The molecule has 0 bridgehead atoms. The second-order valence-corrected chi connectivity index (χ2v) is 9.23. The summed E-state index contributed by atoms with van der Waals surface area (Å²) in [5.74, 6) is -0.190. The van der Waals surface area contributed by atoms with E-state index < -0.39 is 29.5 Å². The van der Waals surface area contributed by atoms with Crippen molar-refractivity contribution in [3.05, 3.63) is 23.8 Å². The maximum Gasteiger partial charge on any atom is 0.412 e. The largest absolute Gasteiger partial charge is 0.444 e. The molecule has 1 saturated heterocycles. The van der Waals surface area contributed by atoms with Gasteiger partial charge >= 0.3 is 12.1 Å². The molecule has 0 radical (unpaired) electrons. The Labute approximate surface area is 183 Å². The van der Waals surface area contributed by atoms with Crippen molar-refractivity contribution in [2.75, 3.05) is 17.2 Å². The molecule has 2 atom stereocenters. The van der Waals surface area contributed by atoms with E-state index in [2.05, 4.69) is 16.0 Å². The van der Waals surface area contributed by atoms with Crippen LogP contribution in [0.1, 0.15) is 54.0 Å². The van der Waals surface area contributed by atoms with Crippen LogP contribution in [-0.2, 0) is 14.3 Å². The number of nitrogens with zero attached hydrogens (tertiary/aromatic N) is 1. The summed E-state index contributed by atoms with van der Waals surface area (Å²) in [6, 6.07) is 4.41. The van der Waals surface area contributed by atoms with Crippen molar-refractivity contribution in [2.24, 2.45) is 0 Å². The molecule has 1 heterocycles. The van der Waals surface area contributed by atoms with Crippen LogP contribution < -0.4 is 16.0 Å². The summed E-state index contributed by atoms with van der Waals surface area (Å²) in [6.07, 6.45) is -0.791. The standard InChI is InChI=1S/C22H34N4O5/c1-13-9-10-16(11-17(13)24-15(3)27)25-19(28)23-12-18-14(2)30-22(7,8)26(18)20(29)31-21(4,5)6/h9-11,14,18H,12H2,1-8H3,(H,24,27)(H2,23,25,28)/t14-,18-/m1/s1. The third-order valence-electron chi connectivity index (χ3n) is 4.80. The smallest absolute Gasteiger partial charge is 0.412 e. The van der Waals surface area contributed by atoms with E-state index in [-0.39, 0.29) is 18.6 Å². The van der Waals surface area contributed by atoms with E-state index in [1.54, 1.807) is 52.8 Å². The van der Waals surface area contributed by atoms with E-state index in [4.69, 9.17) is 9.47 Å². The first-order valence-electron chi connectivity index (χ1n) is 10.3. The topological polar surface area (TPSA) is 109 Å². The molecule has 4 amide bonds. The Morgan fingerprint density at radius 2 is 1.84 bits per heavy atom. The minimum atomic E-state index is -0.866. The molecule has 2 rings (SSSR count). The Morgan fingerprint density at radius 3 is 2.42 bits per heavy atom.